The highest BCUT2D eigenvalue weighted by Gasteiger charge is 2.67. The molecule has 0 aromatic carbocycles. The van der Waals surface area contributed by atoms with Crippen molar-refractivity contribution in [3.63, 3.8) is 0 Å². The molecule has 13 heavy (non-hydrogen) atoms. The third-order valence-electron chi connectivity index (χ3n) is 3.03. The topological polar surface area (TPSA) is 47.9 Å². The van der Waals surface area contributed by atoms with E-state index in [1.54, 1.807) is 0 Å². The van der Waals surface area contributed by atoms with E-state index in [0.717, 1.165) is 12.8 Å². The zero-order valence-electron chi connectivity index (χ0n) is 7.82. The average molecular weight is 186 g/mol. The van der Waals surface area contributed by atoms with Crippen molar-refractivity contribution >= 4 is 0 Å². The quantitative estimate of drug-likeness (QED) is 0.594. The van der Waals surface area contributed by atoms with Crippen molar-refractivity contribution < 1.29 is 19.3 Å². The van der Waals surface area contributed by atoms with Crippen LogP contribution < -0.4 is 0 Å². The van der Waals surface area contributed by atoms with Gasteiger partial charge in [0.2, 0.25) is 0 Å². The van der Waals surface area contributed by atoms with Crippen LogP contribution in [0.15, 0.2) is 0 Å². The van der Waals surface area contributed by atoms with Crippen LogP contribution in [-0.2, 0) is 14.2 Å². The van der Waals surface area contributed by atoms with Gasteiger partial charge in [-0.2, -0.15) is 0 Å². The molecule has 0 amide bonds. The highest BCUT2D eigenvalue weighted by atomic mass is 16.8. The summed E-state index contributed by atoms with van der Waals surface area (Å²) in [7, 11) is 0. The number of fused-ring (bicyclic) bond motifs is 2. The molecule has 1 spiro atoms. The predicted octanol–water partition coefficient (Wildman–Crippen LogP) is 0.388. The first-order valence-electron chi connectivity index (χ1n) is 4.74. The van der Waals surface area contributed by atoms with Crippen LogP contribution >= 0.6 is 0 Å². The second-order valence-electron chi connectivity index (χ2n) is 4.59. The average Bonchev–Trinajstić information content (AvgIpc) is 2.64. The molecule has 2 heterocycles. The molecule has 4 nitrogen and oxygen atoms in total. The molecular weight excluding hydrogens is 172 g/mol. The van der Waals surface area contributed by atoms with Crippen LogP contribution in [0.25, 0.3) is 0 Å². The van der Waals surface area contributed by atoms with Crippen molar-refractivity contribution in [2.24, 2.45) is 0 Å². The van der Waals surface area contributed by atoms with Gasteiger partial charge in [-0.05, 0) is 26.7 Å². The minimum Gasteiger partial charge on any atom is -0.366 e. The SMILES string of the molecule is CC1(C)O[C@H]2C(O)OC3(CC3)[C@H]2O1. The molecule has 4 heteroatoms. The number of aliphatic hydroxyl groups excluding tert-OH is 1. The lowest BCUT2D eigenvalue weighted by Gasteiger charge is -2.22. The van der Waals surface area contributed by atoms with Gasteiger partial charge in [-0.3, -0.25) is 0 Å². The lowest BCUT2D eigenvalue weighted by Crippen LogP contribution is -2.30. The van der Waals surface area contributed by atoms with E-state index in [1.807, 2.05) is 13.8 Å². The van der Waals surface area contributed by atoms with Gasteiger partial charge in [0.25, 0.3) is 0 Å². The molecule has 0 aromatic heterocycles. The lowest BCUT2D eigenvalue weighted by molar-refractivity contribution is -0.225. The van der Waals surface area contributed by atoms with Gasteiger partial charge in [0.05, 0.1) is 0 Å². The Balaban J connectivity index is 1.89. The van der Waals surface area contributed by atoms with E-state index < -0.39 is 12.1 Å². The fourth-order valence-electron chi connectivity index (χ4n) is 2.30. The van der Waals surface area contributed by atoms with Crippen LogP contribution in [0.4, 0.5) is 0 Å². The molecule has 1 N–H and O–H groups in total. The minimum absolute atomic E-state index is 0.0718. The molecule has 0 aromatic rings. The maximum atomic E-state index is 9.58. The number of hydrogen-bond acceptors (Lipinski definition) is 4. The monoisotopic (exact) mass is 186 g/mol. The molecule has 3 rings (SSSR count). The van der Waals surface area contributed by atoms with E-state index in [2.05, 4.69) is 0 Å². The van der Waals surface area contributed by atoms with Crippen molar-refractivity contribution in [1.82, 2.24) is 0 Å². The van der Waals surface area contributed by atoms with E-state index in [1.165, 1.54) is 0 Å². The summed E-state index contributed by atoms with van der Waals surface area (Å²) in [6.07, 6.45) is 0.777. The van der Waals surface area contributed by atoms with Crippen LogP contribution in [0.3, 0.4) is 0 Å². The van der Waals surface area contributed by atoms with Crippen molar-refractivity contribution in [3.8, 4) is 0 Å². The zero-order valence-corrected chi connectivity index (χ0v) is 7.82. The van der Waals surface area contributed by atoms with E-state index in [0.29, 0.717) is 0 Å². The Labute approximate surface area is 76.8 Å². The van der Waals surface area contributed by atoms with E-state index in [4.69, 9.17) is 14.2 Å². The summed E-state index contributed by atoms with van der Waals surface area (Å²) in [4.78, 5) is 0. The normalized spacial score (nSPS) is 49.6. The number of aliphatic hydroxyl groups is 1. The smallest absolute Gasteiger partial charge is 0.184 e. The van der Waals surface area contributed by atoms with Gasteiger partial charge in [0.1, 0.15) is 17.8 Å². The van der Waals surface area contributed by atoms with Crippen molar-refractivity contribution in [3.05, 3.63) is 0 Å². The molecule has 1 aliphatic carbocycles. The Hall–Kier alpha value is -0.160. The van der Waals surface area contributed by atoms with Gasteiger partial charge >= 0.3 is 0 Å². The summed E-state index contributed by atoms with van der Waals surface area (Å²) < 4.78 is 16.7. The third kappa shape index (κ3) is 1.00. The highest BCUT2D eigenvalue weighted by molar-refractivity contribution is 5.13. The summed E-state index contributed by atoms with van der Waals surface area (Å²) in [6.45, 7) is 3.74. The van der Waals surface area contributed by atoms with E-state index in [-0.39, 0.29) is 17.8 Å². The molecule has 1 saturated carbocycles. The standard InChI is InChI=1S/C9H14O4/c1-8(2)11-5-6(12-8)9(3-4-9)13-7(5)10/h5-7,10H,3-4H2,1-2H3/t5-,6+,7?/m1/s1. The Bertz CT molecular complexity index is 246. The molecule has 3 fully saturated rings. The zero-order chi connectivity index (χ0) is 9.27. The molecule has 0 bridgehead atoms. The second-order valence-corrected chi connectivity index (χ2v) is 4.59. The molecule has 3 aliphatic rings. The van der Waals surface area contributed by atoms with Gasteiger partial charge < -0.3 is 19.3 Å². The van der Waals surface area contributed by atoms with Gasteiger partial charge in [-0.25, -0.2) is 0 Å². The van der Waals surface area contributed by atoms with Gasteiger partial charge in [-0.15, -0.1) is 0 Å². The van der Waals surface area contributed by atoms with E-state index in [9.17, 15) is 5.11 Å². The second kappa shape index (κ2) is 2.08. The predicted molar refractivity (Wildman–Crippen MR) is 42.9 cm³/mol. The molecule has 2 aliphatic heterocycles. The fourth-order valence-corrected chi connectivity index (χ4v) is 2.30. The fraction of sp³-hybridized carbons (Fsp3) is 1.00. The first kappa shape index (κ1) is 8.17. The summed E-state index contributed by atoms with van der Waals surface area (Å²) in [5, 5.41) is 9.58. The van der Waals surface area contributed by atoms with Gasteiger partial charge in [0, 0.05) is 0 Å². The lowest BCUT2D eigenvalue weighted by atomic mass is 10.1. The number of ether oxygens (including phenoxy) is 3. The van der Waals surface area contributed by atoms with Crippen molar-refractivity contribution in [2.75, 3.05) is 0 Å². The molecule has 1 unspecified atom stereocenters. The van der Waals surface area contributed by atoms with Gasteiger partial charge in [0.15, 0.2) is 12.1 Å². The summed E-state index contributed by atoms with van der Waals surface area (Å²) in [5.41, 5.74) is -0.224. The number of rotatable bonds is 0. The molecule has 74 valence electrons. The Morgan fingerprint density at radius 3 is 2.46 bits per heavy atom. The van der Waals surface area contributed by atoms with Crippen LogP contribution in [0.2, 0.25) is 0 Å². The number of hydrogen-bond donors (Lipinski definition) is 1. The maximum Gasteiger partial charge on any atom is 0.184 e. The van der Waals surface area contributed by atoms with Crippen LogP contribution in [0, 0.1) is 0 Å². The third-order valence-corrected chi connectivity index (χ3v) is 3.03. The summed E-state index contributed by atoms with van der Waals surface area (Å²) >= 11 is 0. The molecule has 2 saturated heterocycles. The van der Waals surface area contributed by atoms with Crippen molar-refractivity contribution in [1.29, 1.82) is 0 Å². The first-order chi connectivity index (χ1) is 6.03. The Kier molecular flexibility index (Phi) is 1.31. The summed E-state index contributed by atoms with van der Waals surface area (Å²) in [6, 6.07) is 0. The Morgan fingerprint density at radius 1 is 1.15 bits per heavy atom. The van der Waals surface area contributed by atoms with Gasteiger partial charge in [-0.1, -0.05) is 0 Å². The van der Waals surface area contributed by atoms with Crippen molar-refractivity contribution in [2.45, 2.75) is 56.6 Å². The molecular formula is C9H14O4. The summed E-state index contributed by atoms with van der Waals surface area (Å²) in [5.74, 6) is -0.574. The first-order valence-corrected chi connectivity index (χ1v) is 4.74. The highest BCUT2D eigenvalue weighted by Crippen LogP contribution is 2.55. The van der Waals surface area contributed by atoms with Crippen LogP contribution in [0.1, 0.15) is 26.7 Å². The maximum absolute atomic E-state index is 9.58. The minimum atomic E-state index is -0.811. The largest absolute Gasteiger partial charge is 0.366 e. The van der Waals surface area contributed by atoms with E-state index >= 15 is 0 Å². The Morgan fingerprint density at radius 2 is 1.85 bits per heavy atom. The van der Waals surface area contributed by atoms with Crippen LogP contribution in [0.5, 0.6) is 0 Å². The molecule has 3 atom stereocenters. The van der Waals surface area contributed by atoms with Crippen LogP contribution in [-0.4, -0.2) is 35.0 Å². The molecule has 0 radical (unpaired) electrons.